The summed E-state index contributed by atoms with van der Waals surface area (Å²) in [6.45, 7) is 9.98. The molecule has 0 saturated heterocycles. The Balaban J connectivity index is 2.74. The molecule has 0 saturated carbocycles. The molecule has 1 nitrogen and oxygen atoms in total. The maximum Gasteiger partial charge on any atom is 0.0236 e. The van der Waals surface area contributed by atoms with Crippen molar-refractivity contribution in [2.24, 2.45) is 0 Å². The summed E-state index contributed by atoms with van der Waals surface area (Å²) >= 11 is 0. The lowest BCUT2D eigenvalue weighted by molar-refractivity contribution is 0.363. The molecular formula is C13H19N. The molecule has 1 heteroatoms. The lowest BCUT2D eigenvalue weighted by Crippen LogP contribution is -2.18. The molecule has 0 bridgehead atoms. The lowest BCUT2D eigenvalue weighted by Gasteiger charge is -2.16. The van der Waals surface area contributed by atoms with Crippen LogP contribution < -0.4 is 0 Å². The molecule has 0 radical (unpaired) electrons. The summed E-state index contributed by atoms with van der Waals surface area (Å²) in [5.41, 5.74) is 4.11. The first-order valence-corrected chi connectivity index (χ1v) is 4.99. The summed E-state index contributed by atoms with van der Waals surface area (Å²) in [4.78, 5) is 2.26. The third kappa shape index (κ3) is 3.00. The molecular weight excluding hydrogens is 170 g/mol. The predicted molar refractivity (Wildman–Crippen MR) is 62.4 cm³/mol. The summed E-state index contributed by atoms with van der Waals surface area (Å²) in [6.07, 6.45) is 1.94. The minimum atomic E-state index is 0.938. The van der Waals surface area contributed by atoms with Crippen LogP contribution in [0, 0.1) is 13.8 Å². The molecule has 1 aromatic rings. The van der Waals surface area contributed by atoms with Gasteiger partial charge in [0.25, 0.3) is 0 Å². The second kappa shape index (κ2) is 4.97. The van der Waals surface area contributed by atoms with E-state index in [1.54, 1.807) is 0 Å². The maximum absolute atomic E-state index is 3.74. The molecule has 0 aliphatic heterocycles. The van der Waals surface area contributed by atoms with Gasteiger partial charge in [-0.1, -0.05) is 29.8 Å². The Hall–Kier alpha value is -1.08. The first kappa shape index (κ1) is 11.0. The van der Waals surface area contributed by atoms with Crippen LogP contribution in [0.3, 0.4) is 0 Å². The Bertz CT molecular complexity index is 315. The molecule has 0 N–H and O–H groups in total. The minimum Gasteiger partial charge on any atom is -0.298 e. The van der Waals surface area contributed by atoms with Crippen LogP contribution in [-0.2, 0) is 6.54 Å². The molecule has 0 unspecified atom stereocenters. The minimum absolute atomic E-state index is 0.938. The zero-order valence-electron chi connectivity index (χ0n) is 9.38. The van der Waals surface area contributed by atoms with Crippen LogP contribution in [0.15, 0.2) is 30.9 Å². The maximum atomic E-state index is 3.74. The van der Waals surface area contributed by atoms with Crippen molar-refractivity contribution in [1.82, 2.24) is 4.90 Å². The van der Waals surface area contributed by atoms with Crippen molar-refractivity contribution in [1.29, 1.82) is 0 Å². The average molecular weight is 189 g/mol. The van der Waals surface area contributed by atoms with Gasteiger partial charge >= 0.3 is 0 Å². The third-order valence-corrected chi connectivity index (χ3v) is 2.39. The van der Waals surface area contributed by atoms with Gasteiger partial charge in [0, 0.05) is 13.1 Å². The van der Waals surface area contributed by atoms with Crippen LogP contribution in [0.1, 0.15) is 16.7 Å². The largest absolute Gasteiger partial charge is 0.298 e. The number of likely N-dealkylation sites (N-methyl/N-ethyl adjacent to an activating group) is 1. The van der Waals surface area contributed by atoms with Crippen LogP contribution in [0.5, 0.6) is 0 Å². The van der Waals surface area contributed by atoms with Crippen molar-refractivity contribution in [3.63, 3.8) is 0 Å². The van der Waals surface area contributed by atoms with Gasteiger partial charge in [0.05, 0.1) is 0 Å². The zero-order valence-corrected chi connectivity index (χ0v) is 9.38. The van der Waals surface area contributed by atoms with E-state index in [0.717, 1.165) is 13.1 Å². The highest BCUT2D eigenvalue weighted by atomic mass is 15.1. The molecule has 0 fully saturated rings. The molecule has 1 rings (SSSR count). The monoisotopic (exact) mass is 189 g/mol. The summed E-state index contributed by atoms with van der Waals surface area (Å²) in [6, 6.07) is 6.60. The van der Waals surface area contributed by atoms with Gasteiger partial charge in [0.2, 0.25) is 0 Å². The van der Waals surface area contributed by atoms with Crippen molar-refractivity contribution >= 4 is 0 Å². The van der Waals surface area contributed by atoms with Crippen molar-refractivity contribution in [2.45, 2.75) is 20.4 Å². The highest BCUT2D eigenvalue weighted by molar-refractivity contribution is 5.30. The normalized spacial score (nSPS) is 10.6. The number of hydrogen-bond acceptors (Lipinski definition) is 1. The average Bonchev–Trinajstić information content (AvgIpc) is 2.12. The fourth-order valence-corrected chi connectivity index (χ4v) is 1.55. The summed E-state index contributed by atoms with van der Waals surface area (Å²) in [5.74, 6) is 0. The highest BCUT2D eigenvalue weighted by Gasteiger charge is 2.01. The Kier molecular flexibility index (Phi) is 3.90. The number of aryl methyl sites for hydroxylation is 2. The van der Waals surface area contributed by atoms with Crippen LogP contribution in [0.2, 0.25) is 0 Å². The van der Waals surface area contributed by atoms with Crippen molar-refractivity contribution in [3.05, 3.63) is 47.5 Å². The summed E-state index contributed by atoms with van der Waals surface area (Å²) < 4.78 is 0. The summed E-state index contributed by atoms with van der Waals surface area (Å²) in [7, 11) is 2.11. The van der Waals surface area contributed by atoms with E-state index in [9.17, 15) is 0 Å². The molecule has 0 aliphatic rings. The van der Waals surface area contributed by atoms with E-state index in [1.165, 1.54) is 16.7 Å². The molecule has 0 spiro atoms. The Morgan fingerprint density at radius 2 is 2.07 bits per heavy atom. The van der Waals surface area contributed by atoms with Gasteiger partial charge in [0.15, 0.2) is 0 Å². The first-order chi connectivity index (χ1) is 6.63. The van der Waals surface area contributed by atoms with E-state index in [1.807, 2.05) is 6.08 Å². The second-order valence-electron chi connectivity index (χ2n) is 3.92. The first-order valence-electron chi connectivity index (χ1n) is 4.99. The Labute approximate surface area is 87.1 Å². The highest BCUT2D eigenvalue weighted by Crippen LogP contribution is 2.12. The zero-order chi connectivity index (χ0) is 10.6. The van der Waals surface area contributed by atoms with Crippen LogP contribution in [0.4, 0.5) is 0 Å². The van der Waals surface area contributed by atoms with Crippen molar-refractivity contribution < 1.29 is 0 Å². The van der Waals surface area contributed by atoms with Gasteiger partial charge in [-0.15, -0.1) is 6.58 Å². The van der Waals surface area contributed by atoms with E-state index >= 15 is 0 Å². The fraction of sp³-hybridized carbons (Fsp3) is 0.385. The van der Waals surface area contributed by atoms with Gasteiger partial charge in [-0.05, 0) is 32.0 Å². The second-order valence-corrected chi connectivity index (χ2v) is 3.92. The summed E-state index contributed by atoms with van der Waals surface area (Å²) in [5, 5.41) is 0. The van der Waals surface area contributed by atoms with Crippen LogP contribution in [0.25, 0.3) is 0 Å². The van der Waals surface area contributed by atoms with E-state index in [0.29, 0.717) is 0 Å². The van der Waals surface area contributed by atoms with Gasteiger partial charge < -0.3 is 0 Å². The standard InChI is InChI=1S/C13H19N/c1-5-8-14(4)10-13-9-11(2)6-7-12(13)3/h5-7,9H,1,8,10H2,2-4H3. The molecule has 14 heavy (non-hydrogen) atoms. The molecule has 0 heterocycles. The van der Waals surface area contributed by atoms with Crippen molar-refractivity contribution in [2.75, 3.05) is 13.6 Å². The molecule has 0 aromatic heterocycles. The van der Waals surface area contributed by atoms with E-state index in [2.05, 4.69) is 50.6 Å². The molecule has 76 valence electrons. The molecule has 0 atom stereocenters. The topological polar surface area (TPSA) is 3.24 Å². The Morgan fingerprint density at radius 1 is 1.36 bits per heavy atom. The van der Waals surface area contributed by atoms with E-state index < -0.39 is 0 Å². The molecule has 0 amide bonds. The number of rotatable bonds is 4. The SMILES string of the molecule is C=CCN(C)Cc1cc(C)ccc1C. The fourth-order valence-electron chi connectivity index (χ4n) is 1.55. The Morgan fingerprint density at radius 3 is 2.71 bits per heavy atom. The van der Waals surface area contributed by atoms with Gasteiger partial charge in [-0.25, -0.2) is 0 Å². The van der Waals surface area contributed by atoms with Gasteiger partial charge in [-0.2, -0.15) is 0 Å². The van der Waals surface area contributed by atoms with E-state index in [-0.39, 0.29) is 0 Å². The lowest BCUT2D eigenvalue weighted by atomic mass is 10.1. The van der Waals surface area contributed by atoms with Gasteiger partial charge in [-0.3, -0.25) is 4.90 Å². The van der Waals surface area contributed by atoms with E-state index in [4.69, 9.17) is 0 Å². The predicted octanol–water partition coefficient (Wildman–Crippen LogP) is 2.92. The van der Waals surface area contributed by atoms with Crippen LogP contribution >= 0.6 is 0 Å². The number of benzene rings is 1. The smallest absolute Gasteiger partial charge is 0.0236 e. The van der Waals surface area contributed by atoms with Crippen LogP contribution in [-0.4, -0.2) is 18.5 Å². The molecule has 0 aliphatic carbocycles. The number of nitrogens with zero attached hydrogens (tertiary/aromatic N) is 1. The third-order valence-electron chi connectivity index (χ3n) is 2.39. The van der Waals surface area contributed by atoms with Gasteiger partial charge in [0.1, 0.15) is 0 Å². The molecule has 1 aromatic carbocycles. The quantitative estimate of drug-likeness (QED) is 0.658. The number of hydrogen-bond donors (Lipinski definition) is 0. The van der Waals surface area contributed by atoms with Crippen molar-refractivity contribution in [3.8, 4) is 0 Å².